The summed E-state index contributed by atoms with van der Waals surface area (Å²) in [6.07, 6.45) is 7.89. The molecule has 152 valence electrons. The predicted molar refractivity (Wildman–Crippen MR) is 115 cm³/mol. The van der Waals surface area contributed by atoms with Crippen LogP contribution in [0.4, 0.5) is 5.95 Å². The van der Waals surface area contributed by atoms with E-state index in [0.29, 0.717) is 23.8 Å². The standard InChI is InChI=1S/C23H24N6O/c1-15-4-2-3-5-17(15)20-21(29-12-13-30-23(29)27-20)18-6-9-24-22(25-18)26-19-14-28-10-7-16(19)8-11-28/h2-6,9,12-13,16,19H,7-8,10-11,14H2,1H3,(H,24,25,26)/t19-/m1/s1. The number of hydrogen-bond acceptors (Lipinski definition) is 6. The van der Waals surface area contributed by atoms with Gasteiger partial charge in [-0.15, -0.1) is 0 Å². The molecular formula is C23H24N6O. The first-order valence-electron chi connectivity index (χ1n) is 10.6. The molecule has 0 unspecified atom stereocenters. The highest BCUT2D eigenvalue weighted by molar-refractivity contribution is 5.81. The van der Waals surface area contributed by atoms with E-state index >= 15 is 0 Å². The van der Waals surface area contributed by atoms with Crippen LogP contribution >= 0.6 is 0 Å². The lowest BCUT2D eigenvalue weighted by Gasteiger charge is -2.44. The minimum Gasteiger partial charge on any atom is -0.432 e. The molecule has 7 heteroatoms. The Bertz CT molecular complexity index is 1200. The number of nitrogens with one attached hydrogen (secondary N) is 1. The molecule has 7 nitrogen and oxygen atoms in total. The molecule has 0 spiro atoms. The van der Waals surface area contributed by atoms with E-state index in [9.17, 15) is 0 Å². The number of aryl methyl sites for hydroxylation is 1. The van der Waals surface area contributed by atoms with Crippen LogP contribution in [0.2, 0.25) is 0 Å². The summed E-state index contributed by atoms with van der Waals surface area (Å²) in [6.45, 7) is 5.61. The van der Waals surface area contributed by atoms with Crippen LogP contribution in [0.15, 0.2) is 53.4 Å². The van der Waals surface area contributed by atoms with Crippen LogP contribution in [0.1, 0.15) is 18.4 Å². The molecule has 3 aliphatic heterocycles. The van der Waals surface area contributed by atoms with Crippen LogP contribution < -0.4 is 5.32 Å². The molecule has 3 aliphatic rings. The normalized spacial score (nSPS) is 23.2. The van der Waals surface area contributed by atoms with Crippen molar-refractivity contribution in [2.75, 3.05) is 25.0 Å². The van der Waals surface area contributed by atoms with Crippen LogP contribution in [0, 0.1) is 12.8 Å². The average molecular weight is 400 g/mol. The summed E-state index contributed by atoms with van der Waals surface area (Å²) in [6, 6.07) is 10.6. The monoisotopic (exact) mass is 400 g/mol. The number of piperidine rings is 3. The van der Waals surface area contributed by atoms with Crippen molar-refractivity contribution in [1.29, 1.82) is 0 Å². The maximum Gasteiger partial charge on any atom is 0.306 e. The van der Waals surface area contributed by atoms with E-state index in [1.54, 1.807) is 6.26 Å². The van der Waals surface area contributed by atoms with Gasteiger partial charge in [-0.2, -0.15) is 4.98 Å². The van der Waals surface area contributed by atoms with Gasteiger partial charge in [-0.1, -0.05) is 24.3 Å². The number of hydrogen-bond donors (Lipinski definition) is 1. The number of nitrogens with zero attached hydrogens (tertiary/aromatic N) is 5. The van der Waals surface area contributed by atoms with Gasteiger partial charge in [-0.05, 0) is 50.4 Å². The second-order valence-corrected chi connectivity index (χ2v) is 8.33. The molecule has 0 saturated carbocycles. The molecule has 3 aromatic heterocycles. The minimum atomic E-state index is 0.415. The minimum absolute atomic E-state index is 0.415. The molecule has 0 radical (unpaired) electrons. The molecule has 0 amide bonds. The highest BCUT2D eigenvalue weighted by Crippen LogP contribution is 2.34. The summed E-state index contributed by atoms with van der Waals surface area (Å²) in [4.78, 5) is 16.7. The second-order valence-electron chi connectivity index (χ2n) is 8.33. The van der Waals surface area contributed by atoms with Gasteiger partial charge in [0.25, 0.3) is 0 Å². The highest BCUT2D eigenvalue weighted by Gasteiger charge is 2.34. The number of rotatable bonds is 4. The molecule has 0 aliphatic carbocycles. The Morgan fingerprint density at radius 2 is 1.97 bits per heavy atom. The Balaban J connectivity index is 1.41. The molecule has 2 bridgehead atoms. The number of anilines is 1. The maximum absolute atomic E-state index is 5.59. The van der Waals surface area contributed by atoms with E-state index in [4.69, 9.17) is 14.4 Å². The van der Waals surface area contributed by atoms with Crippen molar-refractivity contribution >= 4 is 11.8 Å². The first kappa shape index (κ1) is 17.7. The number of oxazole rings is 1. The molecule has 1 atom stereocenters. The molecule has 6 heterocycles. The topological polar surface area (TPSA) is 71.5 Å². The second kappa shape index (κ2) is 6.95. The summed E-state index contributed by atoms with van der Waals surface area (Å²) in [7, 11) is 0. The van der Waals surface area contributed by atoms with Crippen molar-refractivity contribution in [1.82, 2.24) is 24.3 Å². The van der Waals surface area contributed by atoms with E-state index in [1.165, 1.54) is 31.5 Å². The first-order chi connectivity index (χ1) is 14.8. The summed E-state index contributed by atoms with van der Waals surface area (Å²) in [5.74, 6) is 1.95. The molecule has 30 heavy (non-hydrogen) atoms. The van der Waals surface area contributed by atoms with Gasteiger partial charge in [0.2, 0.25) is 5.95 Å². The molecule has 1 N–H and O–H groups in total. The summed E-state index contributed by atoms with van der Waals surface area (Å²) < 4.78 is 7.56. The Labute approximate surface area is 174 Å². The van der Waals surface area contributed by atoms with Gasteiger partial charge >= 0.3 is 5.84 Å². The number of imidazole rings is 1. The Kier molecular flexibility index (Phi) is 4.09. The Hall–Kier alpha value is -3.19. The fourth-order valence-corrected chi connectivity index (χ4v) is 4.91. The van der Waals surface area contributed by atoms with Crippen molar-refractivity contribution in [2.24, 2.45) is 5.92 Å². The smallest absolute Gasteiger partial charge is 0.306 e. The molecular weight excluding hydrogens is 376 g/mol. The SMILES string of the molecule is Cc1ccccc1-c1nc2occn2c1-c1ccnc(N[C@@H]2CN3CCC2CC3)n1. The third kappa shape index (κ3) is 2.89. The number of benzene rings is 1. The largest absolute Gasteiger partial charge is 0.432 e. The van der Waals surface area contributed by atoms with Gasteiger partial charge in [-0.25, -0.2) is 9.97 Å². The van der Waals surface area contributed by atoms with Gasteiger partial charge in [0.05, 0.1) is 5.69 Å². The Morgan fingerprint density at radius 1 is 1.10 bits per heavy atom. The van der Waals surface area contributed by atoms with Crippen LogP contribution in [0.5, 0.6) is 0 Å². The van der Waals surface area contributed by atoms with Gasteiger partial charge in [0.15, 0.2) is 0 Å². The van der Waals surface area contributed by atoms with Crippen molar-refractivity contribution in [3.8, 4) is 22.6 Å². The molecule has 1 aromatic carbocycles. The van der Waals surface area contributed by atoms with Gasteiger partial charge in [0, 0.05) is 30.5 Å². The molecule has 3 saturated heterocycles. The van der Waals surface area contributed by atoms with E-state index in [1.807, 2.05) is 35.0 Å². The average Bonchev–Trinajstić information content (AvgIpc) is 3.36. The van der Waals surface area contributed by atoms with E-state index in [-0.39, 0.29) is 0 Å². The van der Waals surface area contributed by atoms with Gasteiger partial charge in [-0.3, -0.25) is 4.40 Å². The Morgan fingerprint density at radius 3 is 2.77 bits per heavy atom. The van der Waals surface area contributed by atoms with Crippen LogP contribution in [0.3, 0.4) is 0 Å². The van der Waals surface area contributed by atoms with Crippen LogP contribution in [0.25, 0.3) is 28.5 Å². The van der Waals surface area contributed by atoms with Crippen molar-refractivity contribution in [3.63, 3.8) is 0 Å². The summed E-state index contributed by atoms with van der Waals surface area (Å²) >= 11 is 0. The lowest BCUT2D eigenvalue weighted by molar-refractivity contribution is 0.0972. The van der Waals surface area contributed by atoms with Gasteiger partial charge in [0.1, 0.15) is 17.7 Å². The van der Waals surface area contributed by atoms with Crippen molar-refractivity contribution in [3.05, 3.63) is 54.6 Å². The maximum atomic E-state index is 5.59. The third-order valence-electron chi connectivity index (χ3n) is 6.53. The van der Waals surface area contributed by atoms with E-state index in [2.05, 4.69) is 34.3 Å². The lowest BCUT2D eigenvalue weighted by Crippen LogP contribution is -2.53. The van der Waals surface area contributed by atoms with Crippen molar-refractivity contribution < 1.29 is 4.42 Å². The summed E-state index contributed by atoms with van der Waals surface area (Å²) in [5, 5.41) is 3.61. The zero-order valence-electron chi connectivity index (χ0n) is 17.0. The summed E-state index contributed by atoms with van der Waals surface area (Å²) in [5.41, 5.74) is 4.88. The van der Waals surface area contributed by atoms with Gasteiger partial charge < -0.3 is 14.6 Å². The van der Waals surface area contributed by atoms with Crippen LogP contribution in [-0.4, -0.2) is 49.9 Å². The number of fused-ring (bicyclic) bond motifs is 4. The first-order valence-corrected chi connectivity index (χ1v) is 10.6. The third-order valence-corrected chi connectivity index (χ3v) is 6.53. The predicted octanol–water partition coefficient (Wildman–Crippen LogP) is 3.87. The lowest BCUT2D eigenvalue weighted by atomic mass is 9.84. The zero-order valence-corrected chi connectivity index (χ0v) is 17.0. The highest BCUT2D eigenvalue weighted by atomic mass is 16.3. The number of aromatic nitrogens is 4. The molecule has 4 aromatic rings. The van der Waals surface area contributed by atoms with E-state index in [0.717, 1.165) is 29.2 Å². The molecule has 3 fully saturated rings. The van der Waals surface area contributed by atoms with Crippen molar-refractivity contribution in [2.45, 2.75) is 25.8 Å². The fourth-order valence-electron chi connectivity index (χ4n) is 4.91. The van der Waals surface area contributed by atoms with E-state index < -0.39 is 0 Å². The quantitative estimate of drug-likeness (QED) is 0.561. The fraction of sp³-hybridized carbons (Fsp3) is 0.348. The van der Waals surface area contributed by atoms with Crippen LogP contribution in [-0.2, 0) is 0 Å². The zero-order chi connectivity index (χ0) is 20.1. The molecule has 7 rings (SSSR count).